The zero-order chi connectivity index (χ0) is 15.2. The quantitative estimate of drug-likeness (QED) is 0.792. The molecule has 0 spiro atoms. The first kappa shape index (κ1) is 18.3. The molecule has 0 aromatic heterocycles. The summed E-state index contributed by atoms with van der Waals surface area (Å²) in [6.45, 7) is 9.89. The van der Waals surface area contributed by atoms with Crippen LogP contribution in [0, 0.1) is 0 Å². The van der Waals surface area contributed by atoms with Gasteiger partial charge in [0.1, 0.15) is 0 Å². The highest BCUT2D eigenvalue weighted by Gasteiger charge is 2.47. The maximum Gasteiger partial charge on any atom is 0.280 e. The van der Waals surface area contributed by atoms with Crippen molar-refractivity contribution in [1.82, 2.24) is 9.80 Å². The fraction of sp³-hybridized carbons (Fsp3) is 0.929. The SMILES string of the molecule is CC.CCC(=O)N(C)C1CCN(C(C)C)CC1(F)F. The van der Waals surface area contributed by atoms with E-state index in [1.165, 1.54) is 11.9 Å². The number of carbonyl (C=O) groups excluding carboxylic acids is 1. The standard InChI is InChI=1S/C12H22F2N2O.C2H6/c1-5-11(17)15(4)10-6-7-16(9(2)3)8-12(10,13)14;1-2/h9-10H,5-8H2,1-4H3;1-2H3. The lowest BCUT2D eigenvalue weighted by Gasteiger charge is -2.43. The number of carbonyl (C=O) groups is 1. The molecule has 1 aliphatic heterocycles. The van der Waals surface area contributed by atoms with Gasteiger partial charge in [0.15, 0.2) is 0 Å². The van der Waals surface area contributed by atoms with Crippen LogP contribution in [0.3, 0.4) is 0 Å². The fourth-order valence-electron chi connectivity index (χ4n) is 2.30. The molecule has 1 heterocycles. The number of hydrogen-bond donors (Lipinski definition) is 0. The molecule has 0 bridgehead atoms. The van der Waals surface area contributed by atoms with Crippen molar-refractivity contribution in [1.29, 1.82) is 0 Å². The Morgan fingerprint density at radius 3 is 2.32 bits per heavy atom. The molecule has 114 valence electrons. The van der Waals surface area contributed by atoms with Crippen LogP contribution in [0.25, 0.3) is 0 Å². The van der Waals surface area contributed by atoms with E-state index in [0.29, 0.717) is 13.0 Å². The predicted molar refractivity (Wildman–Crippen MR) is 74.5 cm³/mol. The van der Waals surface area contributed by atoms with Gasteiger partial charge in [0, 0.05) is 26.1 Å². The Bertz CT molecular complexity index is 283. The molecule has 1 aliphatic rings. The summed E-state index contributed by atoms with van der Waals surface area (Å²) in [5.41, 5.74) is 0. The van der Waals surface area contributed by atoms with Gasteiger partial charge in [-0.25, -0.2) is 8.78 Å². The number of likely N-dealkylation sites (tertiary alicyclic amines) is 1. The van der Waals surface area contributed by atoms with Crippen molar-refractivity contribution in [2.24, 2.45) is 0 Å². The van der Waals surface area contributed by atoms with Crippen LogP contribution in [-0.2, 0) is 4.79 Å². The second-order valence-corrected chi connectivity index (χ2v) is 4.99. The molecule has 0 aromatic carbocycles. The van der Waals surface area contributed by atoms with E-state index in [1.807, 2.05) is 27.7 Å². The highest BCUT2D eigenvalue weighted by atomic mass is 19.3. The normalized spacial score (nSPS) is 22.7. The third kappa shape index (κ3) is 4.71. The van der Waals surface area contributed by atoms with Crippen LogP contribution in [0.15, 0.2) is 0 Å². The largest absolute Gasteiger partial charge is 0.337 e. The van der Waals surface area contributed by atoms with E-state index < -0.39 is 12.0 Å². The molecule has 0 aromatic rings. The van der Waals surface area contributed by atoms with Crippen LogP contribution in [0.2, 0.25) is 0 Å². The minimum Gasteiger partial charge on any atom is -0.337 e. The first-order valence-corrected chi connectivity index (χ1v) is 7.17. The second kappa shape index (κ2) is 7.78. The van der Waals surface area contributed by atoms with E-state index in [4.69, 9.17) is 0 Å². The first-order chi connectivity index (χ1) is 8.79. The molecular weight excluding hydrogens is 250 g/mol. The van der Waals surface area contributed by atoms with Crippen molar-refractivity contribution < 1.29 is 13.6 Å². The molecule has 1 rings (SSSR count). The summed E-state index contributed by atoms with van der Waals surface area (Å²) < 4.78 is 28.0. The van der Waals surface area contributed by atoms with Gasteiger partial charge in [0.05, 0.1) is 12.6 Å². The van der Waals surface area contributed by atoms with Gasteiger partial charge < -0.3 is 4.90 Å². The van der Waals surface area contributed by atoms with Gasteiger partial charge in [-0.3, -0.25) is 9.69 Å². The predicted octanol–water partition coefficient (Wildman–Crippen LogP) is 3.00. The summed E-state index contributed by atoms with van der Waals surface area (Å²) in [4.78, 5) is 14.5. The molecule has 19 heavy (non-hydrogen) atoms. The van der Waals surface area contributed by atoms with Crippen LogP contribution in [-0.4, -0.2) is 53.9 Å². The van der Waals surface area contributed by atoms with Crippen molar-refractivity contribution in [2.45, 2.75) is 65.5 Å². The van der Waals surface area contributed by atoms with Crippen molar-refractivity contribution in [2.75, 3.05) is 20.1 Å². The molecule has 0 aliphatic carbocycles. The Morgan fingerprint density at radius 1 is 1.42 bits per heavy atom. The highest BCUT2D eigenvalue weighted by molar-refractivity contribution is 5.76. The van der Waals surface area contributed by atoms with Crippen molar-refractivity contribution in [3.05, 3.63) is 0 Å². The first-order valence-electron chi connectivity index (χ1n) is 7.17. The van der Waals surface area contributed by atoms with Crippen molar-refractivity contribution >= 4 is 5.91 Å². The van der Waals surface area contributed by atoms with E-state index in [0.717, 1.165) is 0 Å². The summed E-state index contributed by atoms with van der Waals surface area (Å²) in [6.07, 6.45) is 0.615. The lowest BCUT2D eigenvalue weighted by Crippen LogP contribution is -2.59. The van der Waals surface area contributed by atoms with Gasteiger partial charge in [-0.05, 0) is 20.3 Å². The van der Waals surface area contributed by atoms with E-state index in [9.17, 15) is 13.6 Å². The van der Waals surface area contributed by atoms with Gasteiger partial charge in [0.25, 0.3) is 5.92 Å². The average molecular weight is 278 g/mol. The van der Waals surface area contributed by atoms with Crippen LogP contribution in [0.1, 0.15) is 47.5 Å². The smallest absolute Gasteiger partial charge is 0.280 e. The third-order valence-corrected chi connectivity index (χ3v) is 3.48. The molecule has 3 nitrogen and oxygen atoms in total. The molecule has 1 unspecified atom stereocenters. The Kier molecular flexibility index (Phi) is 7.49. The zero-order valence-corrected chi connectivity index (χ0v) is 13.0. The van der Waals surface area contributed by atoms with Gasteiger partial charge >= 0.3 is 0 Å². The monoisotopic (exact) mass is 278 g/mol. The molecular formula is C14H28F2N2O. The minimum atomic E-state index is -2.82. The number of alkyl halides is 2. The molecule has 0 radical (unpaired) electrons. The number of piperidine rings is 1. The highest BCUT2D eigenvalue weighted by Crippen LogP contribution is 2.31. The van der Waals surface area contributed by atoms with Crippen LogP contribution in [0.5, 0.6) is 0 Å². The van der Waals surface area contributed by atoms with Crippen molar-refractivity contribution in [3.63, 3.8) is 0 Å². The molecule has 5 heteroatoms. The lowest BCUT2D eigenvalue weighted by atomic mass is 9.98. The molecule has 0 N–H and O–H groups in total. The maximum absolute atomic E-state index is 14.0. The Hall–Kier alpha value is -0.710. The van der Waals surface area contributed by atoms with E-state index in [-0.39, 0.29) is 24.9 Å². The van der Waals surface area contributed by atoms with Crippen molar-refractivity contribution in [3.8, 4) is 0 Å². The van der Waals surface area contributed by atoms with Gasteiger partial charge in [-0.15, -0.1) is 0 Å². The number of halogens is 2. The molecule has 1 atom stereocenters. The molecule has 1 saturated heterocycles. The number of nitrogens with zero attached hydrogens (tertiary/aromatic N) is 2. The Labute approximate surface area is 115 Å². The molecule has 1 fully saturated rings. The van der Waals surface area contributed by atoms with Gasteiger partial charge in [-0.1, -0.05) is 20.8 Å². The lowest BCUT2D eigenvalue weighted by molar-refractivity contribution is -0.154. The number of rotatable bonds is 3. The van der Waals surface area contributed by atoms with Crippen LogP contribution >= 0.6 is 0 Å². The fourth-order valence-corrected chi connectivity index (χ4v) is 2.30. The Balaban J connectivity index is 0.00000154. The number of hydrogen-bond acceptors (Lipinski definition) is 2. The summed E-state index contributed by atoms with van der Waals surface area (Å²) in [5, 5.41) is 0. The van der Waals surface area contributed by atoms with Crippen LogP contribution < -0.4 is 0 Å². The van der Waals surface area contributed by atoms with Gasteiger partial charge in [-0.2, -0.15) is 0 Å². The minimum absolute atomic E-state index is 0.119. The van der Waals surface area contributed by atoms with E-state index in [2.05, 4.69) is 0 Å². The zero-order valence-electron chi connectivity index (χ0n) is 13.0. The molecule has 1 amide bonds. The second-order valence-electron chi connectivity index (χ2n) is 4.99. The number of amides is 1. The molecule has 0 saturated carbocycles. The topological polar surface area (TPSA) is 23.6 Å². The maximum atomic E-state index is 14.0. The average Bonchev–Trinajstić information content (AvgIpc) is 2.38. The van der Waals surface area contributed by atoms with E-state index in [1.54, 1.807) is 11.8 Å². The van der Waals surface area contributed by atoms with Gasteiger partial charge in [0.2, 0.25) is 5.91 Å². The van der Waals surface area contributed by atoms with Crippen LogP contribution in [0.4, 0.5) is 8.78 Å². The summed E-state index contributed by atoms with van der Waals surface area (Å²) in [6, 6.07) is -0.834. The third-order valence-electron chi connectivity index (χ3n) is 3.48. The van der Waals surface area contributed by atoms with E-state index >= 15 is 0 Å². The Morgan fingerprint density at radius 2 is 1.95 bits per heavy atom. The summed E-state index contributed by atoms with van der Waals surface area (Å²) >= 11 is 0. The summed E-state index contributed by atoms with van der Waals surface area (Å²) in [5.74, 6) is -3.03. The summed E-state index contributed by atoms with van der Waals surface area (Å²) in [7, 11) is 1.48.